The number of anilines is 1. The van der Waals surface area contributed by atoms with Crippen molar-refractivity contribution in [2.24, 2.45) is 5.92 Å². The summed E-state index contributed by atoms with van der Waals surface area (Å²) in [4.78, 5) is 27.6. The summed E-state index contributed by atoms with van der Waals surface area (Å²) < 4.78 is 6.80. The van der Waals surface area contributed by atoms with Gasteiger partial charge in [0.2, 0.25) is 5.91 Å². The van der Waals surface area contributed by atoms with Gasteiger partial charge in [-0.2, -0.15) is 5.10 Å². The number of aryl methyl sites for hydroxylation is 1. The first-order valence-electron chi connectivity index (χ1n) is 10.3. The quantitative estimate of drug-likeness (QED) is 0.622. The standard InChI is InChI=1S/C24H26N4O3/c1-16-6-8-19(9-7-16)28-24(25)21(14-26-28)23(30)18-10-11-27(15-18)22(29)13-17-4-3-5-20(12-17)31-2/h3-9,12,14,18H,10-11,13,15,25H2,1-2H3. The first-order chi connectivity index (χ1) is 15.0. The lowest BCUT2D eigenvalue weighted by atomic mass is 9.98. The van der Waals surface area contributed by atoms with Crippen molar-refractivity contribution >= 4 is 17.5 Å². The number of nitrogen functional groups attached to an aromatic ring is 1. The van der Waals surface area contributed by atoms with Gasteiger partial charge in [-0.1, -0.05) is 29.8 Å². The smallest absolute Gasteiger partial charge is 0.227 e. The van der Waals surface area contributed by atoms with E-state index in [1.165, 1.54) is 6.20 Å². The minimum atomic E-state index is -0.271. The summed E-state index contributed by atoms with van der Waals surface area (Å²) >= 11 is 0. The number of amides is 1. The molecule has 2 heterocycles. The Hall–Kier alpha value is -3.61. The number of ether oxygens (including phenoxy) is 1. The van der Waals surface area contributed by atoms with Gasteiger partial charge in [-0.3, -0.25) is 9.59 Å². The number of aromatic nitrogens is 2. The molecule has 1 aromatic heterocycles. The molecule has 1 saturated heterocycles. The average molecular weight is 418 g/mol. The summed E-state index contributed by atoms with van der Waals surface area (Å²) in [6.07, 6.45) is 2.43. The number of nitrogens with two attached hydrogens (primary N) is 1. The van der Waals surface area contributed by atoms with E-state index in [0.29, 0.717) is 30.9 Å². The van der Waals surface area contributed by atoms with E-state index in [1.807, 2.05) is 55.5 Å². The SMILES string of the molecule is COc1cccc(CC(=O)N2CCC(C(=O)c3cnn(-c4ccc(C)cc4)c3N)C2)c1. The maximum Gasteiger partial charge on any atom is 0.227 e. The number of carbonyl (C=O) groups is 2. The zero-order chi connectivity index (χ0) is 22.0. The Morgan fingerprint density at radius 2 is 1.97 bits per heavy atom. The highest BCUT2D eigenvalue weighted by atomic mass is 16.5. The van der Waals surface area contributed by atoms with Crippen LogP contribution in [0.25, 0.3) is 5.69 Å². The van der Waals surface area contributed by atoms with Crippen molar-refractivity contribution in [3.05, 3.63) is 71.4 Å². The van der Waals surface area contributed by atoms with Crippen LogP contribution in [0, 0.1) is 12.8 Å². The van der Waals surface area contributed by atoms with Crippen molar-refractivity contribution in [1.82, 2.24) is 14.7 Å². The monoisotopic (exact) mass is 418 g/mol. The van der Waals surface area contributed by atoms with Crippen LogP contribution in [0.3, 0.4) is 0 Å². The van der Waals surface area contributed by atoms with Gasteiger partial charge in [0.05, 0.1) is 31.0 Å². The molecular weight excluding hydrogens is 392 g/mol. The third-order valence-electron chi connectivity index (χ3n) is 5.75. The van der Waals surface area contributed by atoms with Crippen molar-refractivity contribution in [3.8, 4) is 11.4 Å². The topological polar surface area (TPSA) is 90.5 Å². The highest BCUT2D eigenvalue weighted by Crippen LogP contribution is 2.26. The summed E-state index contributed by atoms with van der Waals surface area (Å²) in [5.41, 5.74) is 9.50. The van der Waals surface area contributed by atoms with Crippen LogP contribution in [0.1, 0.15) is 27.9 Å². The number of hydrogen-bond donors (Lipinski definition) is 1. The van der Waals surface area contributed by atoms with Gasteiger partial charge >= 0.3 is 0 Å². The molecule has 3 aromatic rings. The molecule has 4 rings (SSSR count). The Kier molecular flexibility index (Phi) is 5.75. The molecule has 160 valence electrons. The molecule has 1 amide bonds. The second-order valence-corrected chi connectivity index (χ2v) is 7.91. The van der Waals surface area contributed by atoms with Crippen LogP contribution in [0.15, 0.2) is 54.7 Å². The number of likely N-dealkylation sites (tertiary alicyclic amines) is 1. The number of hydrogen-bond acceptors (Lipinski definition) is 5. The zero-order valence-corrected chi connectivity index (χ0v) is 17.7. The molecule has 1 aliphatic rings. The summed E-state index contributed by atoms with van der Waals surface area (Å²) in [6.45, 7) is 2.97. The van der Waals surface area contributed by atoms with Crippen LogP contribution in [-0.2, 0) is 11.2 Å². The first kappa shape index (κ1) is 20.7. The number of rotatable bonds is 6. The molecule has 1 fully saturated rings. The fourth-order valence-electron chi connectivity index (χ4n) is 3.93. The van der Waals surface area contributed by atoms with Gasteiger partial charge in [-0.25, -0.2) is 4.68 Å². The molecule has 1 aliphatic heterocycles. The molecule has 1 unspecified atom stereocenters. The average Bonchev–Trinajstić information content (AvgIpc) is 3.41. The van der Waals surface area contributed by atoms with Crippen molar-refractivity contribution in [3.63, 3.8) is 0 Å². The number of Topliss-reactive ketones (excluding diaryl/α,β-unsaturated/α-hetero) is 1. The van der Waals surface area contributed by atoms with Gasteiger partial charge in [-0.05, 0) is 43.2 Å². The third kappa shape index (κ3) is 4.30. The number of carbonyl (C=O) groups excluding carboxylic acids is 2. The normalized spacial score (nSPS) is 15.8. The van der Waals surface area contributed by atoms with Crippen molar-refractivity contribution in [1.29, 1.82) is 0 Å². The van der Waals surface area contributed by atoms with Gasteiger partial charge in [0.25, 0.3) is 0 Å². The second kappa shape index (κ2) is 8.63. The predicted octanol–water partition coefficient (Wildman–Crippen LogP) is 3.05. The van der Waals surface area contributed by atoms with Gasteiger partial charge in [0, 0.05) is 19.0 Å². The molecule has 0 aliphatic carbocycles. The molecule has 7 nitrogen and oxygen atoms in total. The van der Waals surface area contributed by atoms with Gasteiger partial charge in [0.1, 0.15) is 11.6 Å². The fourth-order valence-corrected chi connectivity index (χ4v) is 3.93. The van der Waals surface area contributed by atoms with E-state index in [2.05, 4.69) is 5.10 Å². The predicted molar refractivity (Wildman–Crippen MR) is 118 cm³/mol. The highest BCUT2D eigenvalue weighted by molar-refractivity contribution is 6.02. The Balaban J connectivity index is 1.42. The molecule has 0 spiro atoms. The minimum absolute atomic E-state index is 0.00637. The maximum absolute atomic E-state index is 13.1. The van der Waals surface area contributed by atoms with Gasteiger partial charge < -0.3 is 15.4 Å². The Labute approximate surface area is 181 Å². The van der Waals surface area contributed by atoms with Crippen molar-refractivity contribution in [2.45, 2.75) is 19.8 Å². The molecule has 2 aromatic carbocycles. The molecule has 0 bridgehead atoms. The van der Waals surface area contributed by atoms with Crippen LogP contribution in [0.4, 0.5) is 5.82 Å². The lowest BCUT2D eigenvalue weighted by molar-refractivity contribution is -0.129. The van der Waals surface area contributed by atoms with Crippen LogP contribution in [0.5, 0.6) is 5.75 Å². The van der Waals surface area contributed by atoms with Crippen LogP contribution in [0.2, 0.25) is 0 Å². The first-order valence-corrected chi connectivity index (χ1v) is 10.3. The molecular formula is C24H26N4O3. The van der Waals surface area contributed by atoms with E-state index in [9.17, 15) is 9.59 Å². The van der Waals surface area contributed by atoms with E-state index >= 15 is 0 Å². The van der Waals surface area contributed by atoms with E-state index < -0.39 is 0 Å². The van der Waals surface area contributed by atoms with Crippen LogP contribution >= 0.6 is 0 Å². The fraction of sp³-hybridized carbons (Fsp3) is 0.292. The van der Waals surface area contributed by atoms with E-state index in [0.717, 1.165) is 22.6 Å². The summed E-state index contributed by atoms with van der Waals surface area (Å²) in [5.74, 6) is 0.725. The van der Waals surface area contributed by atoms with E-state index in [1.54, 1.807) is 16.7 Å². The molecule has 0 saturated carbocycles. The lowest BCUT2D eigenvalue weighted by Gasteiger charge is -2.16. The Morgan fingerprint density at radius 1 is 1.19 bits per heavy atom. The highest BCUT2D eigenvalue weighted by Gasteiger charge is 2.33. The molecule has 31 heavy (non-hydrogen) atoms. The van der Waals surface area contributed by atoms with Crippen LogP contribution < -0.4 is 10.5 Å². The third-order valence-corrected chi connectivity index (χ3v) is 5.75. The number of nitrogens with zero attached hydrogens (tertiary/aromatic N) is 3. The summed E-state index contributed by atoms with van der Waals surface area (Å²) in [5, 5.41) is 4.31. The largest absolute Gasteiger partial charge is 0.497 e. The summed E-state index contributed by atoms with van der Waals surface area (Å²) in [7, 11) is 1.60. The van der Waals surface area contributed by atoms with Crippen molar-refractivity contribution in [2.75, 3.05) is 25.9 Å². The molecule has 1 atom stereocenters. The summed E-state index contributed by atoms with van der Waals surface area (Å²) in [6, 6.07) is 15.3. The van der Waals surface area contributed by atoms with Gasteiger partial charge in [0.15, 0.2) is 5.78 Å². The van der Waals surface area contributed by atoms with E-state index in [-0.39, 0.29) is 24.0 Å². The zero-order valence-electron chi connectivity index (χ0n) is 17.7. The molecule has 7 heteroatoms. The minimum Gasteiger partial charge on any atom is -0.497 e. The maximum atomic E-state index is 13.1. The van der Waals surface area contributed by atoms with Crippen LogP contribution in [-0.4, -0.2) is 46.6 Å². The number of methoxy groups -OCH3 is 1. The lowest BCUT2D eigenvalue weighted by Crippen LogP contribution is -2.31. The molecule has 2 N–H and O–H groups in total. The van der Waals surface area contributed by atoms with Gasteiger partial charge in [-0.15, -0.1) is 0 Å². The Morgan fingerprint density at radius 3 is 2.71 bits per heavy atom. The Bertz CT molecular complexity index is 1100. The number of benzene rings is 2. The second-order valence-electron chi connectivity index (χ2n) is 7.91. The van der Waals surface area contributed by atoms with Crippen molar-refractivity contribution < 1.29 is 14.3 Å². The molecule has 0 radical (unpaired) electrons. The number of ketones is 1. The van der Waals surface area contributed by atoms with E-state index in [4.69, 9.17) is 10.5 Å².